The molecule has 2 aliphatic rings. The van der Waals surface area contributed by atoms with E-state index < -0.39 is 0 Å². The van der Waals surface area contributed by atoms with Crippen molar-refractivity contribution in [3.05, 3.63) is 51.1 Å². The number of hydrogen-bond acceptors (Lipinski definition) is 6. The van der Waals surface area contributed by atoms with Crippen molar-refractivity contribution in [1.29, 1.82) is 0 Å². The normalized spacial score (nSPS) is 21.4. The first-order chi connectivity index (χ1) is 15.5. The molecule has 1 aromatic carbocycles. The highest BCUT2D eigenvalue weighted by atomic mass is 16.5. The Labute approximate surface area is 188 Å². The highest BCUT2D eigenvalue weighted by Crippen LogP contribution is 2.32. The summed E-state index contributed by atoms with van der Waals surface area (Å²) in [4.78, 5) is 19.0. The minimum atomic E-state index is -0.285. The average Bonchev–Trinajstić information content (AvgIpc) is 3.46. The second kappa shape index (κ2) is 8.75. The maximum atomic E-state index is 13.4. The lowest BCUT2D eigenvalue weighted by molar-refractivity contribution is 0.0894. The van der Waals surface area contributed by atoms with Gasteiger partial charge in [-0.05, 0) is 86.2 Å². The fourth-order valence-electron chi connectivity index (χ4n) is 5.10. The molecule has 8 heteroatoms. The van der Waals surface area contributed by atoms with E-state index in [-0.39, 0.29) is 17.7 Å². The summed E-state index contributed by atoms with van der Waals surface area (Å²) in [6, 6.07) is 5.94. The van der Waals surface area contributed by atoms with Crippen molar-refractivity contribution in [3.8, 4) is 0 Å². The monoisotopic (exact) mass is 436 g/mol. The Bertz CT molecular complexity index is 1150. The van der Waals surface area contributed by atoms with Crippen molar-refractivity contribution in [3.63, 3.8) is 0 Å². The smallest absolute Gasteiger partial charge is 0.253 e. The van der Waals surface area contributed by atoms with Crippen LogP contribution in [0.3, 0.4) is 0 Å². The van der Waals surface area contributed by atoms with Gasteiger partial charge in [0.15, 0.2) is 5.82 Å². The van der Waals surface area contributed by atoms with E-state index in [0.29, 0.717) is 18.0 Å². The third-order valence-electron chi connectivity index (χ3n) is 7.16. The molecule has 2 saturated heterocycles. The molecule has 0 bridgehead atoms. The van der Waals surface area contributed by atoms with Gasteiger partial charge in [0.1, 0.15) is 6.04 Å². The van der Waals surface area contributed by atoms with Crippen LogP contribution in [0.25, 0.3) is 10.9 Å². The molecule has 4 heterocycles. The number of fused-ring (bicyclic) bond motifs is 1. The Hall–Kier alpha value is -2.58. The molecule has 0 aliphatic carbocycles. The lowest BCUT2D eigenvalue weighted by Crippen LogP contribution is -2.40. The standard InChI is InChI=1S/C24H32N6O2/c1-15-8-10-29(11-9-15)22(23-26-27-28-30(23)14-18-5-4-12-32-18)20-13-19-16(2)6-7-17(3)21(19)25-24(20)31/h6-7,13,15,18,22H,4-5,8-12,14H2,1-3H3,(H,25,31). The third kappa shape index (κ3) is 3.97. The first kappa shape index (κ1) is 21.3. The van der Waals surface area contributed by atoms with E-state index in [2.05, 4.69) is 57.5 Å². The van der Waals surface area contributed by atoms with Gasteiger partial charge in [-0.15, -0.1) is 5.10 Å². The second-order valence-electron chi connectivity index (χ2n) is 9.52. The number of aromatic amines is 1. The molecule has 0 saturated carbocycles. The van der Waals surface area contributed by atoms with Crippen molar-refractivity contribution >= 4 is 10.9 Å². The van der Waals surface area contributed by atoms with Gasteiger partial charge in [0, 0.05) is 17.6 Å². The zero-order valence-electron chi connectivity index (χ0n) is 19.2. The average molecular weight is 437 g/mol. The number of benzene rings is 1. The third-order valence-corrected chi connectivity index (χ3v) is 7.16. The number of hydrogen-bond donors (Lipinski definition) is 1. The van der Waals surface area contributed by atoms with Gasteiger partial charge in [0.2, 0.25) is 0 Å². The van der Waals surface area contributed by atoms with E-state index in [1.165, 1.54) is 0 Å². The van der Waals surface area contributed by atoms with Crippen LogP contribution in [-0.4, -0.2) is 55.9 Å². The quantitative estimate of drug-likeness (QED) is 0.661. The molecule has 2 aromatic heterocycles. The molecule has 0 radical (unpaired) electrons. The lowest BCUT2D eigenvalue weighted by atomic mass is 9.94. The van der Waals surface area contributed by atoms with Crippen LogP contribution < -0.4 is 5.56 Å². The molecule has 5 rings (SSSR count). The maximum absolute atomic E-state index is 13.4. The number of piperidine rings is 1. The highest BCUT2D eigenvalue weighted by Gasteiger charge is 2.33. The van der Waals surface area contributed by atoms with Crippen LogP contribution in [0.4, 0.5) is 0 Å². The van der Waals surface area contributed by atoms with E-state index in [1.807, 2.05) is 11.6 Å². The summed E-state index contributed by atoms with van der Waals surface area (Å²) >= 11 is 0. The number of aryl methyl sites for hydroxylation is 2. The predicted octanol–water partition coefficient (Wildman–Crippen LogP) is 3.13. The Balaban J connectivity index is 1.62. The molecule has 8 nitrogen and oxygen atoms in total. The summed E-state index contributed by atoms with van der Waals surface area (Å²) in [6.07, 6.45) is 4.42. The van der Waals surface area contributed by atoms with E-state index in [4.69, 9.17) is 4.74 Å². The topological polar surface area (TPSA) is 88.9 Å². The number of nitrogens with one attached hydrogen (secondary N) is 1. The predicted molar refractivity (Wildman–Crippen MR) is 123 cm³/mol. The summed E-state index contributed by atoms with van der Waals surface area (Å²) in [7, 11) is 0. The Kier molecular flexibility index (Phi) is 5.82. The maximum Gasteiger partial charge on any atom is 0.253 e. The van der Waals surface area contributed by atoms with Crippen molar-refractivity contribution in [1.82, 2.24) is 30.1 Å². The number of ether oxygens (including phenoxy) is 1. The Morgan fingerprint density at radius 2 is 1.97 bits per heavy atom. The number of rotatable bonds is 5. The van der Waals surface area contributed by atoms with Gasteiger partial charge < -0.3 is 9.72 Å². The summed E-state index contributed by atoms with van der Waals surface area (Å²) in [6.45, 7) is 9.66. The molecule has 2 atom stereocenters. The van der Waals surface area contributed by atoms with Crippen LogP contribution in [0.2, 0.25) is 0 Å². The minimum Gasteiger partial charge on any atom is -0.376 e. The molecular weight excluding hydrogens is 404 g/mol. The van der Waals surface area contributed by atoms with Crippen LogP contribution >= 0.6 is 0 Å². The molecule has 32 heavy (non-hydrogen) atoms. The molecule has 3 aromatic rings. The van der Waals surface area contributed by atoms with Gasteiger partial charge in [-0.3, -0.25) is 9.69 Å². The molecule has 170 valence electrons. The van der Waals surface area contributed by atoms with Crippen molar-refractivity contribution in [2.45, 2.75) is 65.1 Å². The van der Waals surface area contributed by atoms with Crippen molar-refractivity contribution in [2.24, 2.45) is 5.92 Å². The highest BCUT2D eigenvalue weighted by molar-refractivity contribution is 5.85. The zero-order chi connectivity index (χ0) is 22.2. The summed E-state index contributed by atoms with van der Waals surface area (Å²) in [5.74, 6) is 1.42. The summed E-state index contributed by atoms with van der Waals surface area (Å²) in [5, 5.41) is 13.8. The SMILES string of the molecule is Cc1ccc(C)c2[nH]c(=O)c(C(c3nnnn3CC3CCCO3)N3CCC(C)CC3)cc12. The van der Waals surface area contributed by atoms with Gasteiger partial charge in [-0.1, -0.05) is 19.1 Å². The number of tetrazole rings is 1. The van der Waals surface area contributed by atoms with Crippen LogP contribution in [-0.2, 0) is 11.3 Å². The first-order valence-electron chi connectivity index (χ1n) is 11.8. The molecule has 1 N–H and O–H groups in total. The molecular formula is C24H32N6O2. The number of H-pyrrole nitrogens is 1. The Morgan fingerprint density at radius 1 is 1.19 bits per heavy atom. The van der Waals surface area contributed by atoms with E-state index in [0.717, 1.165) is 73.2 Å². The molecule has 0 amide bonds. The fraction of sp³-hybridized carbons (Fsp3) is 0.583. The summed E-state index contributed by atoms with van der Waals surface area (Å²) < 4.78 is 7.69. The minimum absolute atomic E-state index is 0.0681. The van der Waals surface area contributed by atoms with Gasteiger partial charge in [-0.2, -0.15) is 0 Å². The molecule has 0 spiro atoms. The summed E-state index contributed by atoms with van der Waals surface area (Å²) in [5.41, 5.74) is 3.77. The lowest BCUT2D eigenvalue weighted by Gasteiger charge is -2.36. The number of nitrogens with zero attached hydrogens (tertiary/aromatic N) is 5. The molecule has 2 unspecified atom stereocenters. The van der Waals surface area contributed by atoms with Gasteiger partial charge >= 0.3 is 0 Å². The van der Waals surface area contributed by atoms with Crippen LogP contribution in [0, 0.1) is 19.8 Å². The molecule has 2 fully saturated rings. The van der Waals surface area contributed by atoms with E-state index in [1.54, 1.807) is 0 Å². The zero-order valence-corrected chi connectivity index (χ0v) is 19.2. The number of pyridine rings is 1. The van der Waals surface area contributed by atoms with Gasteiger partial charge in [-0.25, -0.2) is 4.68 Å². The van der Waals surface area contributed by atoms with E-state index in [9.17, 15) is 4.79 Å². The Morgan fingerprint density at radius 3 is 2.72 bits per heavy atom. The number of likely N-dealkylation sites (tertiary alicyclic amines) is 1. The first-order valence-corrected chi connectivity index (χ1v) is 11.8. The van der Waals surface area contributed by atoms with E-state index >= 15 is 0 Å². The number of aromatic nitrogens is 5. The van der Waals surface area contributed by atoms with Gasteiger partial charge in [0.05, 0.1) is 18.2 Å². The largest absolute Gasteiger partial charge is 0.376 e. The van der Waals surface area contributed by atoms with Crippen LogP contribution in [0.5, 0.6) is 0 Å². The second-order valence-corrected chi connectivity index (χ2v) is 9.52. The van der Waals surface area contributed by atoms with Gasteiger partial charge in [0.25, 0.3) is 5.56 Å². The fourth-order valence-corrected chi connectivity index (χ4v) is 5.10. The molecule has 2 aliphatic heterocycles. The van der Waals surface area contributed by atoms with Crippen molar-refractivity contribution < 1.29 is 4.74 Å². The van der Waals surface area contributed by atoms with Crippen LogP contribution in [0.1, 0.15) is 61.2 Å². The van der Waals surface area contributed by atoms with Crippen molar-refractivity contribution in [2.75, 3.05) is 19.7 Å². The van der Waals surface area contributed by atoms with Crippen LogP contribution in [0.15, 0.2) is 23.0 Å².